The highest BCUT2D eigenvalue weighted by Gasteiger charge is 2.38. The molecule has 1 fully saturated rings. The molecule has 2 heterocycles. The Hall–Kier alpha value is -1.35. The molecule has 3 rings (SSSR count). The van der Waals surface area contributed by atoms with E-state index in [1.165, 1.54) is 5.39 Å². The van der Waals surface area contributed by atoms with Gasteiger partial charge in [0, 0.05) is 30.8 Å². The fraction of sp³-hybridized carbons (Fsp3) is 0.385. The summed E-state index contributed by atoms with van der Waals surface area (Å²) in [6.45, 7) is 3.56. The molecule has 1 aromatic heterocycles. The zero-order valence-electron chi connectivity index (χ0n) is 9.33. The minimum atomic E-state index is -0.980. The maximum absolute atomic E-state index is 13.3. The van der Waals surface area contributed by atoms with Gasteiger partial charge in [0.05, 0.1) is 0 Å². The van der Waals surface area contributed by atoms with E-state index in [1.54, 1.807) is 6.92 Å². The molecule has 0 atom stereocenters. The quantitative estimate of drug-likeness (QED) is 0.821. The van der Waals surface area contributed by atoms with Crippen LogP contribution in [0.5, 0.6) is 0 Å². The standard InChI is InChI=1S/C13H15FN2/c1-13(14)8-16(9-13)7-11-6-10-4-2-3-5-12(10)15-11/h2-6,15H,7-9H2,1H3. The van der Waals surface area contributed by atoms with Crippen LogP contribution in [0.4, 0.5) is 4.39 Å². The molecule has 16 heavy (non-hydrogen) atoms. The number of hydrogen-bond acceptors (Lipinski definition) is 1. The highest BCUT2D eigenvalue weighted by Crippen LogP contribution is 2.26. The van der Waals surface area contributed by atoms with Crippen molar-refractivity contribution in [2.75, 3.05) is 13.1 Å². The number of alkyl halides is 1. The molecule has 1 N–H and O–H groups in total. The molecule has 84 valence electrons. The molecule has 3 heteroatoms. The lowest BCUT2D eigenvalue weighted by Gasteiger charge is -2.41. The van der Waals surface area contributed by atoms with Crippen molar-refractivity contribution >= 4 is 10.9 Å². The number of para-hydroxylation sites is 1. The first-order valence-electron chi connectivity index (χ1n) is 5.60. The Labute approximate surface area is 94.1 Å². The van der Waals surface area contributed by atoms with Crippen LogP contribution in [0.15, 0.2) is 30.3 Å². The Morgan fingerprint density at radius 1 is 1.38 bits per heavy atom. The molecular weight excluding hydrogens is 203 g/mol. The van der Waals surface area contributed by atoms with Crippen LogP contribution < -0.4 is 0 Å². The van der Waals surface area contributed by atoms with Gasteiger partial charge >= 0.3 is 0 Å². The summed E-state index contributed by atoms with van der Waals surface area (Å²) in [5, 5.41) is 1.22. The number of nitrogens with zero attached hydrogens (tertiary/aromatic N) is 1. The average Bonchev–Trinajstić information content (AvgIpc) is 2.56. The van der Waals surface area contributed by atoms with E-state index in [0.717, 1.165) is 17.8 Å². The molecule has 2 aromatic rings. The average molecular weight is 218 g/mol. The van der Waals surface area contributed by atoms with Crippen LogP contribution in [-0.2, 0) is 6.54 Å². The second kappa shape index (κ2) is 3.32. The topological polar surface area (TPSA) is 19.0 Å². The number of rotatable bonds is 2. The molecule has 1 aromatic carbocycles. The lowest BCUT2D eigenvalue weighted by atomic mass is 9.99. The summed E-state index contributed by atoms with van der Waals surface area (Å²) in [5.74, 6) is 0. The van der Waals surface area contributed by atoms with Crippen molar-refractivity contribution in [1.29, 1.82) is 0 Å². The number of hydrogen-bond donors (Lipinski definition) is 1. The number of benzene rings is 1. The smallest absolute Gasteiger partial charge is 0.133 e. The predicted molar refractivity (Wildman–Crippen MR) is 63.1 cm³/mol. The van der Waals surface area contributed by atoms with Gasteiger partial charge in [-0.15, -0.1) is 0 Å². The zero-order valence-corrected chi connectivity index (χ0v) is 9.33. The van der Waals surface area contributed by atoms with E-state index in [2.05, 4.69) is 28.1 Å². The third kappa shape index (κ3) is 1.71. The van der Waals surface area contributed by atoms with Gasteiger partial charge in [0.2, 0.25) is 0 Å². The number of aromatic amines is 1. The molecule has 0 amide bonds. The predicted octanol–water partition coefficient (Wildman–Crippen LogP) is 2.71. The monoisotopic (exact) mass is 218 g/mol. The van der Waals surface area contributed by atoms with Crippen LogP contribution in [0.2, 0.25) is 0 Å². The van der Waals surface area contributed by atoms with E-state index in [9.17, 15) is 4.39 Å². The summed E-state index contributed by atoms with van der Waals surface area (Å²) >= 11 is 0. The van der Waals surface area contributed by atoms with Crippen LogP contribution in [0, 0.1) is 0 Å². The zero-order chi connectivity index (χ0) is 11.2. The molecule has 0 unspecified atom stereocenters. The number of halogens is 1. The summed E-state index contributed by atoms with van der Waals surface area (Å²) < 4.78 is 13.3. The van der Waals surface area contributed by atoms with Crippen LogP contribution in [0.25, 0.3) is 10.9 Å². The summed E-state index contributed by atoms with van der Waals surface area (Å²) in [6.07, 6.45) is 0. The molecule has 2 nitrogen and oxygen atoms in total. The van der Waals surface area contributed by atoms with Crippen molar-refractivity contribution in [3.8, 4) is 0 Å². The first-order chi connectivity index (χ1) is 7.62. The second-order valence-electron chi connectivity index (χ2n) is 4.94. The van der Waals surface area contributed by atoms with Gasteiger partial charge in [-0.3, -0.25) is 4.90 Å². The van der Waals surface area contributed by atoms with Crippen molar-refractivity contribution in [1.82, 2.24) is 9.88 Å². The Morgan fingerprint density at radius 3 is 2.81 bits per heavy atom. The SMILES string of the molecule is CC1(F)CN(Cc2cc3ccccc3[nH]2)C1. The normalized spacial score (nSPS) is 19.9. The molecule has 1 saturated heterocycles. The van der Waals surface area contributed by atoms with Crippen molar-refractivity contribution in [3.63, 3.8) is 0 Å². The molecule has 0 spiro atoms. The van der Waals surface area contributed by atoms with Gasteiger partial charge in [0.1, 0.15) is 5.67 Å². The lowest BCUT2D eigenvalue weighted by Crippen LogP contribution is -2.56. The molecule has 0 saturated carbocycles. The van der Waals surface area contributed by atoms with E-state index < -0.39 is 5.67 Å². The number of fused-ring (bicyclic) bond motifs is 1. The van der Waals surface area contributed by atoms with E-state index in [0.29, 0.717) is 13.1 Å². The maximum Gasteiger partial charge on any atom is 0.133 e. The minimum absolute atomic E-state index is 0.544. The Bertz CT molecular complexity index is 474. The molecule has 0 bridgehead atoms. The van der Waals surface area contributed by atoms with Crippen molar-refractivity contribution in [3.05, 3.63) is 36.0 Å². The fourth-order valence-corrected chi connectivity index (χ4v) is 2.46. The summed E-state index contributed by atoms with van der Waals surface area (Å²) in [6, 6.07) is 10.3. The number of H-pyrrole nitrogens is 1. The van der Waals surface area contributed by atoms with Crippen molar-refractivity contribution < 1.29 is 4.39 Å². The van der Waals surface area contributed by atoms with E-state index in [4.69, 9.17) is 0 Å². The fourth-order valence-electron chi connectivity index (χ4n) is 2.46. The third-order valence-electron chi connectivity index (χ3n) is 3.09. The lowest BCUT2D eigenvalue weighted by molar-refractivity contribution is -0.0231. The van der Waals surface area contributed by atoms with Gasteiger partial charge in [-0.25, -0.2) is 4.39 Å². The van der Waals surface area contributed by atoms with Crippen molar-refractivity contribution in [2.24, 2.45) is 0 Å². The Kier molecular flexibility index (Phi) is 2.04. The molecular formula is C13H15FN2. The summed E-state index contributed by atoms with van der Waals surface area (Å²) in [7, 11) is 0. The largest absolute Gasteiger partial charge is 0.357 e. The maximum atomic E-state index is 13.3. The van der Waals surface area contributed by atoms with Gasteiger partial charge in [-0.2, -0.15) is 0 Å². The van der Waals surface area contributed by atoms with Gasteiger partial charge in [0.15, 0.2) is 0 Å². The van der Waals surface area contributed by atoms with Gasteiger partial charge in [-0.05, 0) is 24.4 Å². The van der Waals surface area contributed by atoms with Crippen LogP contribution in [0.3, 0.4) is 0 Å². The van der Waals surface area contributed by atoms with E-state index in [-0.39, 0.29) is 0 Å². The second-order valence-corrected chi connectivity index (χ2v) is 4.94. The van der Waals surface area contributed by atoms with Crippen LogP contribution >= 0.6 is 0 Å². The summed E-state index contributed by atoms with van der Waals surface area (Å²) in [4.78, 5) is 5.47. The molecule has 1 aliphatic heterocycles. The van der Waals surface area contributed by atoms with Crippen molar-refractivity contribution in [2.45, 2.75) is 19.1 Å². The van der Waals surface area contributed by atoms with Crippen LogP contribution in [-0.4, -0.2) is 28.6 Å². The molecule has 1 aliphatic rings. The molecule has 0 aliphatic carbocycles. The van der Waals surface area contributed by atoms with Gasteiger partial charge in [-0.1, -0.05) is 18.2 Å². The number of likely N-dealkylation sites (tertiary alicyclic amines) is 1. The number of aromatic nitrogens is 1. The highest BCUT2D eigenvalue weighted by atomic mass is 19.1. The number of nitrogens with one attached hydrogen (secondary N) is 1. The van der Waals surface area contributed by atoms with Gasteiger partial charge < -0.3 is 4.98 Å². The highest BCUT2D eigenvalue weighted by molar-refractivity contribution is 5.80. The summed E-state index contributed by atoms with van der Waals surface area (Å²) in [5.41, 5.74) is 1.34. The first-order valence-corrected chi connectivity index (χ1v) is 5.60. The van der Waals surface area contributed by atoms with E-state index >= 15 is 0 Å². The Morgan fingerprint density at radius 2 is 2.12 bits per heavy atom. The first kappa shape index (κ1) is 9.85. The Balaban J connectivity index is 1.76. The van der Waals surface area contributed by atoms with E-state index in [1.807, 2.05) is 12.1 Å². The minimum Gasteiger partial charge on any atom is -0.357 e. The third-order valence-corrected chi connectivity index (χ3v) is 3.09. The van der Waals surface area contributed by atoms with Crippen LogP contribution in [0.1, 0.15) is 12.6 Å². The van der Waals surface area contributed by atoms with Gasteiger partial charge in [0.25, 0.3) is 0 Å². The molecule has 0 radical (unpaired) electrons.